The van der Waals surface area contributed by atoms with Gasteiger partial charge in [-0.1, -0.05) is 6.07 Å². The maximum absolute atomic E-state index is 12.0. The fourth-order valence-electron chi connectivity index (χ4n) is 2.41. The van der Waals surface area contributed by atoms with Crippen LogP contribution in [0.4, 0.5) is 0 Å². The third kappa shape index (κ3) is 4.89. The molecular weight excluding hydrogens is 326 g/mol. The SMILES string of the molecule is COc1cc(CCC(=O)NCCc2cccs2)cc(OC)c1OC. The zero-order valence-corrected chi connectivity index (χ0v) is 15.1. The molecule has 1 aromatic heterocycles. The molecule has 0 unspecified atom stereocenters. The molecular formula is C18H23NO4S. The van der Waals surface area contributed by atoms with E-state index in [-0.39, 0.29) is 5.91 Å². The Morgan fingerprint density at radius 2 is 1.79 bits per heavy atom. The van der Waals surface area contributed by atoms with Gasteiger partial charge in [0.2, 0.25) is 11.7 Å². The highest BCUT2D eigenvalue weighted by molar-refractivity contribution is 7.09. The number of rotatable bonds is 9. The van der Waals surface area contributed by atoms with Crippen molar-refractivity contribution < 1.29 is 19.0 Å². The summed E-state index contributed by atoms with van der Waals surface area (Å²) in [6, 6.07) is 7.85. The second kappa shape index (κ2) is 9.17. The van der Waals surface area contributed by atoms with Gasteiger partial charge >= 0.3 is 0 Å². The van der Waals surface area contributed by atoms with Crippen LogP contribution in [0.15, 0.2) is 29.6 Å². The number of ether oxygens (including phenoxy) is 3. The average molecular weight is 349 g/mol. The van der Waals surface area contributed by atoms with Crippen molar-refractivity contribution in [3.63, 3.8) is 0 Å². The van der Waals surface area contributed by atoms with Crippen molar-refractivity contribution in [1.82, 2.24) is 5.32 Å². The zero-order chi connectivity index (χ0) is 17.4. The number of carbonyl (C=O) groups excluding carboxylic acids is 1. The molecule has 1 amide bonds. The van der Waals surface area contributed by atoms with Crippen LogP contribution in [-0.4, -0.2) is 33.8 Å². The van der Waals surface area contributed by atoms with Gasteiger partial charge in [0.25, 0.3) is 0 Å². The smallest absolute Gasteiger partial charge is 0.220 e. The molecule has 0 bridgehead atoms. The molecule has 1 aromatic carbocycles. The summed E-state index contributed by atoms with van der Waals surface area (Å²) in [7, 11) is 4.73. The van der Waals surface area contributed by atoms with Gasteiger partial charge in [-0.25, -0.2) is 0 Å². The number of thiophene rings is 1. The fraction of sp³-hybridized carbons (Fsp3) is 0.389. The van der Waals surface area contributed by atoms with Crippen LogP contribution < -0.4 is 19.5 Å². The predicted octanol–water partition coefficient (Wildman–Crippen LogP) is 3.07. The summed E-state index contributed by atoms with van der Waals surface area (Å²) in [6.07, 6.45) is 1.90. The number of hydrogen-bond acceptors (Lipinski definition) is 5. The minimum absolute atomic E-state index is 0.0420. The monoisotopic (exact) mass is 349 g/mol. The first kappa shape index (κ1) is 18.1. The number of carbonyl (C=O) groups is 1. The summed E-state index contributed by atoms with van der Waals surface area (Å²) in [5.41, 5.74) is 0.970. The Morgan fingerprint density at radius 3 is 2.33 bits per heavy atom. The highest BCUT2D eigenvalue weighted by Gasteiger charge is 2.13. The molecule has 0 spiro atoms. The first-order valence-electron chi connectivity index (χ1n) is 7.76. The van der Waals surface area contributed by atoms with E-state index in [1.807, 2.05) is 23.6 Å². The standard InChI is InChI=1S/C18H23NO4S/c1-21-15-11-13(12-16(22-2)18(15)23-3)6-7-17(20)19-9-8-14-5-4-10-24-14/h4-5,10-12H,6-9H2,1-3H3,(H,19,20). The van der Waals surface area contributed by atoms with Gasteiger partial charge in [0.05, 0.1) is 21.3 Å². The second-order valence-corrected chi connectivity index (χ2v) is 6.25. The van der Waals surface area contributed by atoms with E-state index < -0.39 is 0 Å². The van der Waals surface area contributed by atoms with Crippen molar-refractivity contribution in [3.05, 3.63) is 40.1 Å². The minimum atomic E-state index is 0.0420. The van der Waals surface area contributed by atoms with Gasteiger partial charge in [0.15, 0.2) is 11.5 Å². The van der Waals surface area contributed by atoms with E-state index >= 15 is 0 Å². The largest absolute Gasteiger partial charge is 0.493 e. The number of nitrogens with one attached hydrogen (secondary N) is 1. The van der Waals surface area contributed by atoms with E-state index in [0.29, 0.717) is 36.6 Å². The van der Waals surface area contributed by atoms with Crippen molar-refractivity contribution >= 4 is 17.2 Å². The molecule has 6 heteroatoms. The predicted molar refractivity (Wildman–Crippen MR) is 95.5 cm³/mol. The molecule has 0 saturated carbocycles. The number of aryl methyl sites for hydroxylation is 1. The van der Waals surface area contributed by atoms with Crippen molar-refractivity contribution in [2.45, 2.75) is 19.3 Å². The summed E-state index contributed by atoms with van der Waals surface area (Å²) in [5, 5.41) is 4.99. The summed E-state index contributed by atoms with van der Waals surface area (Å²) in [4.78, 5) is 13.3. The van der Waals surface area contributed by atoms with Gasteiger partial charge in [-0.05, 0) is 42.0 Å². The van der Waals surface area contributed by atoms with Crippen molar-refractivity contribution in [2.24, 2.45) is 0 Å². The summed E-state index contributed by atoms with van der Waals surface area (Å²) in [6.45, 7) is 0.661. The number of benzene rings is 1. The number of hydrogen-bond donors (Lipinski definition) is 1. The van der Waals surface area contributed by atoms with E-state index in [2.05, 4.69) is 11.4 Å². The Morgan fingerprint density at radius 1 is 1.08 bits per heavy atom. The average Bonchev–Trinajstić information content (AvgIpc) is 3.12. The van der Waals surface area contributed by atoms with E-state index in [4.69, 9.17) is 14.2 Å². The van der Waals surface area contributed by atoms with Gasteiger partial charge in [0, 0.05) is 17.8 Å². The summed E-state index contributed by atoms with van der Waals surface area (Å²) in [5.74, 6) is 1.80. The molecule has 2 aromatic rings. The molecule has 1 heterocycles. The highest BCUT2D eigenvalue weighted by Crippen LogP contribution is 2.38. The lowest BCUT2D eigenvalue weighted by molar-refractivity contribution is -0.121. The molecule has 0 aliphatic carbocycles. The highest BCUT2D eigenvalue weighted by atomic mass is 32.1. The van der Waals surface area contributed by atoms with Gasteiger partial charge < -0.3 is 19.5 Å². The molecule has 24 heavy (non-hydrogen) atoms. The normalized spacial score (nSPS) is 10.3. The fourth-order valence-corrected chi connectivity index (χ4v) is 3.11. The minimum Gasteiger partial charge on any atom is -0.493 e. The van der Waals surface area contributed by atoms with Crippen LogP contribution in [0, 0.1) is 0 Å². The topological polar surface area (TPSA) is 56.8 Å². The van der Waals surface area contributed by atoms with Crippen LogP contribution in [0.2, 0.25) is 0 Å². The van der Waals surface area contributed by atoms with Crippen molar-refractivity contribution in [1.29, 1.82) is 0 Å². The third-order valence-corrected chi connectivity index (χ3v) is 4.58. The Balaban J connectivity index is 1.87. The Labute approximate surface area is 146 Å². The van der Waals surface area contributed by atoms with Crippen LogP contribution in [0.3, 0.4) is 0 Å². The number of amides is 1. The molecule has 130 valence electrons. The first-order valence-corrected chi connectivity index (χ1v) is 8.63. The Hall–Kier alpha value is -2.21. The van der Waals surface area contributed by atoms with Gasteiger partial charge in [0.1, 0.15) is 0 Å². The third-order valence-electron chi connectivity index (χ3n) is 3.64. The van der Waals surface area contributed by atoms with Crippen molar-refractivity contribution in [2.75, 3.05) is 27.9 Å². The zero-order valence-electron chi connectivity index (χ0n) is 14.3. The second-order valence-electron chi connectivity index (χ2n) is 5.21. The molecule has 0 fully saturated rings. The van der Waals surface area contributed by atoms with Crippen LogP contribution in [0.25, 0.3) is 0 Å². The molecule has 2 rings (SSSR count). The van der Waals surface area contributed by atoms with E-state index in [1.54, 1.807) is 32.7 Å². The Bertz CT molecular complexity index is 630. The number of methoxy groups -OCH3 is 3. The quantitative estimate of drug-likeness (QED) is 0.756. The maximum atomic E-state index is 12.0. The van der Waals surface area contributed by atoms with Gasteiger partial charge in [-0.15, -0.1) is 11.3 Å². The van der Waals surface area contributed by atoms with Crippen LogP contribution >= 0.6 is 11.3 Å². The van der Waals surface area contributed by atoms with E-state index in [0.717, 1.165) is 12.0 Å². The van der Waals surface area contributed by atoms with Crippen molar-refractivity contribution in [3.8, 4) is 17.2 Å². The molecule has 5 nitrogen and oxygen atoms in total. The Kier molecular flexibility index (Phi) is 6.93. The molecule has 0 radical (unpaired) electrons. The molecule has 0 atom stereocenters. The van der Waals surface area contributed by atoms with E-state index in [1.165, 1.54) is 4.88 Å². The van der Waals surface area contributed by atoms with Crippen LogP contribution in [0.1, 0.15) is 16.9 Å². The lowest BCUT2D eigenvalue weighted by Gasteiger charge is -2.14. The molecule has 1 N–H and O–H groups in total. The van der Waals surface area contributed by atoms with Gasteiger partial charge in [-0.2, -0.15) is 0 Å². The van der Waals surface area contributed by atoms with E-state index in [9.17, 15) is 4.79 Å². The molecule has 0 saturated heterocycles. The first-order chi connectivity index (χ1) is 11.7. The van der Waals surface area contributed by atoms with Gasteiger partial charge in [-0.3, -0.25) is 4.79 Å². The lowest BCUT2D eigenvalue weighted by Crippen LogP contribution is -2.25. The lowest BCUT2D eigenvalue weighted by atomic mass is 10.1. The maximum Gasteiger partial charge on any atom is 0.220 e. The molecule has 0 aliphatic heterocycles. The summed E-state index contributed by atoms with van der Waals surface area (Å²) < 4.78 is 16.0. The molecule has 0 aliphatic rings. The van der Waals surface area contributed by atoms with Crippen LogP contribution in [-0.2, 0) is 17.6 Å². The van der Waals surface area contributed by atoms with Crippen LogP contribution in [0.5, 0.6) is 17.2 Å². The summed E-state index contributed by atoms with van der Waals surface area (Å²) >= 11 is 1.71.